The molecule has 138 valence electrons. The fourth-order valence-corrected chi connectivity index (χ4v) is 3.58. The number of benzene rings is 2. The minimum atomic E-state index is -3.78. The molecule has 1 heterocycles. The van der Waals surface area contributed by atoms with E-state index in [0.29, 0.717) is 5.69 Å². The summed E-state index contributed by atoms with van der Waals surface area (Å²) in [5.74, 6) is -0.468. The van der Waals surface area contributed by atoms with E-state index in [1.54, 1.807) is 30.5 Å². The maximum Gasteiger partial charge on any atom is 0.261 e. The number of anilines is 2. The zero-order valence-electron chi connectivity index (χ0n) is 14.3. The highest BCUT2D eigenvalue weighted by atomic mass is 35.5. The third kappa shape index (κ3) is 4.64. The van der Waals surface area contributed by atoms with Crippen LogP contribution in [0, 0.1) is 6.92 Å². The Hall–Kier alpha value is -2.90. The first-order valence-corrected chi connectivity index (χ1v) is 9.82. The number of aromatic nitrogens is 1. The number of pyridine rings is 1. The van der Waals surface area contributed by atoms with E-state index < -0.39 is 15.9 Å². The van der Waals surface area contributed by atoms with Gasteiger partial charge in [0, 0.05) is 11.9 Å². The van der Waals surface area contributed by atoms with Crippen molar-refractivity contribution >= 4 is 38.9 Å². The fraction of sp³-hybridized carbons (Fsp3) is 0.0526. The Morgan fingerprint density at radius 3 is 2.44 bits per heavy atom. The largest absolute Gasteiger partial charge is 0.321 e. The van der Waals surface area contributed by atoms with Gasteiger partial charge in [-0.15, -0.1) is 0 Å². The van der Waals surface area contributed by atoms with Crippen LogP contribution in [0.1, 0.15) is 15.9 Å². The average molecular weight is 402 g/mol. The van der Waals surface area contributed by atoms with Gasteiger partial charge < -0.3 is 5.32 Å². The molecule has 3 rings (SSSR count). The zero-order valence-corrected chi connectivity index (χ0v) is 15.9. The summed E-state index contributed by atoms with van der Waals surface area (Å²) in [7, 11) is -3.78. The minimum absolute atomic E-state index is 0.129. The molecule has 0 aliphatic heterocycles. The van der Waals surface area contributed by atoms with Gasteiger partial charge in [-0.1, -0.05) is 29.3 Å². The molecule has 0 aliphatic rings. The van der Waals surface area contributed by atoms with Gasteiger partial charge in [0.05, 0.1) is 27.4 Å². The first-order valence-electron chi connectivity index (χ1n) is 7.95. The van der Waals surface area contributed by atoms with Crippen molar-refractivity contribution in [3.63, 3.8) is 0 Å². The van der Waals surface area contributed by atoms with Crippen LogP contribution in [0.3, 0.4) is 0 Å². The van der Waals surface area contributed by atoms with E-state index in [2.05, 4.69) is 15.0 Å². The Bertz CT molecular complexity index is 1070. The van der Waals surface area contributed by atoms with Crippen molar-refractivity contribution in [2.24, 2.45) is 0 Å². The van der Waals surface area contributed by atoms with E-state index in [1.165, 1.54) is 36.5 Å². The lowest BCUT2D eigenvalue weighted by Crippen LogP contribution is -2.15. The van der Waals surface area contributed by atoms with Gasteiger partial charge >= 0.3 is 0 Å². The Balaban J connectivity index is 1.84. The van der Waals surface area contributed by atoms with Crippen LogP contribution < -0.4 is 10.0 Å². The first kappa shape index (κ1) is 18.9. The molecule has 0 fully saturated rings. The normalized spacial score (nSPS) is 11.0. The summed E-state index contributed by atoms with van der Waals surface area (Å²) in [6.07, 6.45) is 3.08. The van der Waals surface area contributed by atoms with Crippen LogP contribution in [0.4, 0.5) is 11.4 Å². The Morgan fingerprint density at radius 1 is 1.04 bits per heavy atom. The van der Waals surface area contributed by atoms with Crippen LogP contribution in [0.2, 0.25) is 5.02 Å². The number of rotatable bonds is 5. The molecule has 2 aromatic carbocycles. The molecule has 6 nitrogen and oxygen atoms in total. The lowest BCUT2D eigenvalue weighted by atomic mass is 10.2. The molecule has 0 unspecified atom stereocenters. The van der Waals surface area contributed by atoms with E-state index >= 15 is 0 Å². The van der Waals surface area contributed by atoms with Crippen molar-refractivity contribution in [1.82, 2.24) is 4.98 Å². The number of halogens is 1. The maximum atomic E-state index is 12.5. The highest BCUT2D eigenvalue weighted by Crippen LogP contribution is 2.24. The summed E-state index contributed by atoms with van der Waals surface area (Å²) < 4.78 is 27.5. The summed E-state index contributed by atoms with van der Waals surface area (Å²) in [5.41, 5.74) is 1.83. The van der Waals surface area contributed by atoms with Gasteiger partial charge in [0.25, 0.3) is 15.9 Å². The van der Waals surface area contributed by atoms with Crippen LogP contribution >= 0.6 is 11.6 Å². The lowest BCUT2D eigenvalue weighted by Gasteiger charge is -2.11. The van der Waals surface area contributed by atoms with Crippen LogP contribution in [0.25, 0.3) is 0 Å². The SMILES string of the molecule is Cc1ccc(S(=O)(=O)Nc2ccc(Cl)c(C(=O)Nc3cccnc3)c2)cc1. The van der Waals surface area contributed by atoms with Crippen molar-refractivity contribution in [2.75, 3.05) is 10.0 Å². The van der Waals surface area contributed by atoms with Gasteiger partial charge in [-0.25, -0.2) is 8.42 Å². The number of nitrogens with one attached hydrogen (secondary N) is 2. The molecule has 0 spiro atoms. The summed E-state index contributed by atoms with van der Waals surface area (Å²) in [6, 6.07) is 14.2. The van der Waals surface area contributed by atoms with Crippen LogP contribution in [0.15, 0.2) is 71.9 Å². The highest BCUT2D eigenvalue weighted by molar-refractivity contribution is 7.92. The molecule has 1 aromatic heterocycles. The molecule has 3 aromatic rings. The Morgan fingerprint density at radius 2 is 1.78 bits per heavy atom. The van der Waals surface area contributed by atoms with Gasteiger partial charge in [-0.3, -0.25) is 14.5 Å². The highest BCUT2D eigenvalue weighted by Gasteiger charge is 2.17. The predicted octanol–water partition coefficient (Wildman–Crippen LogP) is 4.10. The molecule has 0 atom stereocenters. The summed E-state index contributed by atoms with van der Waals surface area (Å²) in [4.78, 5) is 16.5. The molecule has 8 heteroatoms. The van der Waals surface area contributed by atoms with Crippen molar-refractivity contribution in [3.05, 3.63) is 83.1 Å². The van der Waals surface area contributed by atoms with E-state index in [4.69, 9.17) is 11.6 Å². The third-order valence-electron chi connectivity index (χ3n) is 3.71. The van der Waals surface area contributed by atoms with E-state index in [-0.39, 0.29) is 21.2 Å². The molecule has 0 saturated heterocycles. The second-order valence-corrected chi connectivity index (χ2v) is 7.90. The molecule has 0 saturated carbocycles. The number of aryl methyl sites for hydroxylation is 1. The Labute approximate surface area is 162 Å². The van der Waals surface area contributed by atoms with Crippen molar-refractivity contribution in [1.29, 1.82) is 0 Å². The summed E-state index contributed by atoms with van der Waals surface area (Å²) in [5, 5.41) is 2.87. The second-order valence-electron chi connectivity index (χ2n) is 5.81. The van der Waals surface area contributed by atoms with Crippen LogP contribution in [-0.2, 0) is 10.0 Å². The van der Waals surface area contributed by atoms with Gasteiger partial charge in [0.1, 0.15) is 0 Å². The van der Waals surface area contributed by atoms with E-state index in [9.17, 15) is 13.2 Å². The molecule has 0 aliphatic carbocycles. The predicted molar refractivity (Wildman–Crippen MR) is 106 cm³/mol. The molecule has 0 radical (unpaired) electrons. The molecule has 0 bridgehead atoms. The van der Waals surface area contributed by atoms with Crippen molar-refractivity contribution in [3.8, 4) is 0 Å². The first-order chi connectivity index (χ1) is 12.8. The van der Waals surface area contributed by atoms with Gasteiger partial charge in [0.15, 0.2) is 0 Å². The topological polar surface area (TPSA) is 88.2 Å². The molecular formula is C19H16ClN3O3S. The monoisotopic (exact) mass is 401 g/mol. The quantitative estimate of drug-likeness (QED) is 0.673. The van der Waals surface area contributed by atoms with Crippen LogP contribution in [-0.4, -0.2) is 19.3 Å². The minimum Gasteiger partial charge on any atom is -0.321 e. The van der Waals surface area contributed by atoms with Gasteiger partial charge in [-0.2, -0.15) is 0 Å². The lowest BCUT2D eigenvalue weighted by molar-refractivity contribution is 0.102. The molecule has 2 N–H and O–H groups in total. The molecule has 27 heavy (non-hydrogen) atoms. The van der Waals surface area contributed by atoms with Crippen molar-refractivity contribution in [2.45, 2.75) is 11.8 Å². The maximum absolute atomic E-state index is 12.5. The van der Waals surface area contributed by atoms with E-state index in [1.807, 2.05) is 6.92 Å². The molecule has 1 amide bonds. The zero-order chi connectivity index (χ0) is 19.4. The fourth-order valence-electron chi connectivity index (χ4n) is 2.33. The average Bonchev–Trinajstić information content (AvgIpc) is 2.64. The second kappa shape index (κ2) is 7.77. The number of carbonyl (C=O) groups is 1. The number of carbonyl (C=O) groups excluding carboxylic acids is 1. The number of sulfonamides is 1. The van der Waals surface area contributed by atoms with E-state index in [0.717, 1.165) is 5.56 Å². The number of hydrogen-bond acceptors (Lipinski definition) is 4. The smallest absolute Gasteiger partial charge is 0.261 e. The molecular weight excluding hydrogens is 386 g/mol. The van der Waals surface area contributed by atoms with Crippen molar-refractivity contribution < 1.29 is 13.2 Å². The van der Waals surface area contributed by atoms with Crippen LogP contribution in [0.5, 0.6) is 0 Å². The van der Waals surface area contributed by atoms with Gasteiger partial charge in [0.2, 0.25) is 0 Å². The Kier molecular flexibility index (Phi) is 5.43. The number of nitrogens with zero attached hydrogens (tertiary/aromatic N) is 1. The number of hydrogen-bond donors (Lipinski definition) is 2. The number of amides is 1. The third-order valence-corrected chi connectivity index (χ3v) is 5.44. The summed E-state index contributed by atoms with van der Waals surface area (Å²) >= 11 is 6.11. The van der Waals surface area contributed by atoms with Gasteiger partial charge in [-0.05, 0) is 49.4 Å². The standard InChI is InChI=1S/C19H16ClN3O3S/c1-13-4-7-16(8-5-13)27(25,26)23-14-6-9-18(20)17(11-14)19(24)22-15-3-2-10-21-12-15/h2-12,23H,1H3,(H,22,24). The summed E-state index contributed by atoms with van der Waals surface area (Å²) in [6.45, 7) is 1.87.